The number of nitrogens with two attached hydrogens (primary N) is 1. The van der Waals surface area contributed by atoms with Crippen molar-refractivity contribution in [2.24, 2.45) is 11.3 Å². The second kappa shape index (κ2) is 7.12. The first kappa shape index (κ1) is 15.5. The van der Waals surface area contributed by atoms with E-state index >= 15 is 0 Å². The van der Waals surface area contributed by atoms with Gasteiger partial charge in [-0.25, -0.2) is 4.39 Å². The lowest BCUT2D eigenvalue weighted by Crippen LogP contribution is -2.37. The van der Waals surface area contributed by atoms with Crippen LogP contribution in [0.3, 0.4) is 0 Å². The maximum Gasteiger partial charge on any atom is 0.124 e. The molecule has 1 atom stereocenters. The lowest BCUT2D eigenvalue weighted by atomic mass is 9.89. The smallest absolute Gasteiger partial charge is 0.124 e. The molecule has 1 unspecified atom stereocenters. The largest absolute Gasteiger partial charge is 0.271 e. The second-order valence-corrected chi connectivity index (χ2v) is 6.82. The molecule has 102 valence electrons. The van der Waals surface area contributed by atoms with Crippen molar-refractivity contribution in [1.29, 1.82) is 0 Å². The van der Waals surface area contributed by atoms with Gasteiger partial charge >= 0.3 is 0 Å². The summed E-state index contributed by atoms with van der Waals surface area (Å²) in [5.74, 6) is 6.23. The number of hydrazine groups is 1. The highest BCUT2D eigenvalue weighted by atomic mass is 32.2. The predicted molar refractivity (Wildman–Crippen MR) is 76.9 cm³/mol. The van der Waals surface area contributed by atoms with Crippen molar-refractivity contribution in [1.82, 2.24) is 5.43 Å². The number of thioether (sulfide) groups is 1. The van der Waals surface area contributed by atoms with E-state index in [0.29, 0.717) is 5.41 Å². The standard InChI is InChI=1S/C14H23FN2S/c1-14(2,3)8-7-12(17-16)10-18-13-6-4-5-11(15)9-13/h4-6,9,12,17H,7-8,10,16H2,1-3H3. The van der Waals surface area contributed by atoms with E-state index in [0.717, 1.165) is 23.5 Å². The zero-order valence-electron chi connectivity index (χ0n) is 11.4. The molecule has 1 aromatic carbocycles. The normalized spacial score (nSPS) is 13.6. The Morgan fingerprint density at radius 2 is 2.11 bits per heavy atom. The molecule has 0 aliphatic carbocycles. The molecular formula is C14H23FN2S. The van der Waals surface area contributed by atoms with Crippen LogP contribution >= 0.6 is 11.8 Å². The number of hydrogen-bond donors (Lipinski definition) is 2. The van der Waals surface area contributed by atoms with Crippen molar-refractivity contribution in [2.45, 2.75) is 44.6 Å². The van der Waals surface area contributed by atoms with E-state index in [1.54, 1.807) is 23.9 Å². The molecule has 0 aliphatic heterocycles. The van der Waals surface area contributed by atoms with Gasteiger partial charge in [-0.15, -0.1) is 11.8 Å². The molecule has 4 heteroatoms. The van der Waals surface area contributed by atoms with Crippen LogP contribution < -0.4 is 11.3 Å². The van der Waals surface area contributed by atoms with E-state index in [1.807, 2.05) is 6.07 Å². The first-order chi connectivity index (χ1) is 8.40. The summed E-state index contributed by atoms with van der Waals surface area (Å²) >= 11 is 1.64. The number of halogens is 1. The number of rotatable bonds is 6. The molecule has 0 saturated heterocycles. The molecular weight excluding hydrogens is 247 g/mol. The highest BCUT2D eigenvalue weighted by Gasteiger charge is 2.14. The topological polar surface area (TPSA) is 38.0 Å². The summed E-state index contributed by atoms with van der Waals surface area (Å²) in [4.78, 5) is 0.950. The third kappa shape index (κ3) is 6.38. The molecule has 0 heterocycles. The molecule has 3 N–H and O–H groups in total. The van der Waals surface area contributed by atoms with Crippen molar-refractivity contribution in [3.8, 4) is 0 Å². The third-order valence-corrected chi connectivity index (χ3v) is 3.88. The highest BCUT2D eigenvalue weighted by molar-refractivity contribution is 7.99. The summed E-state index contributed by atoms with van der Waals surface area (Å²) in [6, 6.07) is 6.94. The number of benzene rings is 1. The Bertz CT molecular complexity index is 363. The fourth-order valence-electron chi connectivity index (χ4n) is 1.58. The molecule has 0 aromatic heterocycles. The zero-order chi connectivity index (χ0) is 13.6. The number of nitrogens with one attached hydrogen (secondary N) is 1. The summed E-state index contributed by atoms with van der Waals surface area (Å²) < 4.78 is 13.0. The molecule has 0 bridgehead atoms. The molecule has 0 fully saturated rings. The van der Waals surface area contributed by atoms with Crippen molar-refractivity contribution in [2.75, 3.05) is 5.75 Å². The quantitative estimate of drug-likeness (QED) is 0.471. The van der Waals surface area contributed by atoms with Crippen molar-refractivity contribution >= 4 is 11.8 Å². The predicted octanol–water partition coefficient (Wildman–Crippen LogP) is 3.58. The van der Waals surface area contributed by atoms with Gasteiger partial charge in [0.1, 0.15) is 5.82 Å². The van der Waals surface area contributed by atoms with Gasteiger partial charge < -0.3 is 0 Å². The molecule has 1 aromatic rings. The number of hydrogen-bond acceptors (Lipinski definition) is 3. The van der Waals surface area contributed by atoms with Crippen LogP contribution in [0.15, 0.2) is 29.2 Å². The molecule has 0 amide bonds. The molecule has 0 saturated carbocycles. The SMILES string of the molecule is CC(C)(C)CCC(CSc1cccc(F)c1)NN. The van der Waals surface area contributed by atoms with Crippen LogP contribution in [0.4, 0.5) is 4.39 Å². The van der Waals surface area contributed by atoms with E-state index in [-0.39, 0.29) is 11.9 Å². The fourth-order valence-corrected chi connectivity index (χ4v) is 2.60. The maximum absolute atomic E-state index is 13.0. The van der Waals surface area contributed by atoms with Crippen LogP contribution in [0.5, 0.6) is 0 Å². The van der Waals surface area contributed by atoms with Crippen LogP contribution in [0.25, 0.3) is 0 Å². The van der Waals surface area contributed by atoms with Crippen LogP contribution in [0.2, 0.25) is 0 Å². The van der Waals surface area contributed by atoms with Crippen molar-refractivity contribution in [3.05, 3.63) is 30.1 Å². The molecule has 0 aliphatic rings. The van der Waals surface area contributed by atoms with E-state index in [1.165, 1.54) is 6.07 Å². The Morgan fingerprint density at radius 1 is 1.39 bits per heavy atom. The molecule has 1 rings (SSSR count). The Balaban J connectivity index is 2.40. The maximum atomic E-state index is 13.0. The molecule has 2 nitrogen and oxygen atoms in total. The van der Waals surface area contributed by atoms with E-state index in [4.69, 9.17) is 5.84 Å². The molecule has 0 radical (unpaired) electrons. The lowest BCUT2D eigenvalue weighted by Gasteiger charge is -2.22. The van der Waals surface area contributed by atoms with Gasteiger partial charge in [-0.1, -0.05) is 26.8 Å². The summed E-state index contributed by atoms with van der Waals surface area (Å²) in [6.45, 7) is 6.67. The van der Waals surface area contributed by atoms with E-state index < -0.39 is 0 Å². The van der Waals surface area contributed by atoms with Gasteiger partial charge in [-0.05, 0) is 36.5 Å². The fraction of sp³-hybridized carbons (Fsp3) is 0.571. The third-order valence-electron chi connectivity index (χ3n) is 2.73. The van der Waals surface area contributed by atoms with E-state index in [2.05, 4.69) is 26.2 Å². The van der Waals surface area contributed by atoms with Crippen LogP contribution in [-0.4, -0.2) is 11.8 Å². The van der Waals surface area contributed by atoms with Crippen LogP contribution in [0.1, 0.15) is 33.6 Å². The zero-order valence-corrected chi connectivity index (χ0v) is 12.2. The summed E-state index contributed by atoms with van der Waals surface area (Å²) in [5.41, 5.74) is 3.16. The first-order valence-electron chi connectivity index (χ1n) is 6.25. The highest BCUT2D eigenvalue weighted by Crippen LogP contribution is 2.24. The Morgan fingerprint density at radius 3 is 2.67 bits per heavy atom. The van der Waals surface area contributed by atoms with Gasteiger partial charge in [0.25, 0.3) is 0 Å². The minimum absolute atomic E-state index is 0.188. The van der Waals surface area contributed by atoms with Gasteiger partial charge in [0.05, 0.1) is 0 Å². The monoisotopic (exact) mass is 270 g/mol. The van der Waals surface area contributed by atoms with Crippen molar-refractivity contribution in [3.63, 3.8) is 0 Å². The van der Waals surface area contributed by atoms with Gasteiger partial charge in [0, 0.05) is 16.7 Å². The van der Waals surface area contributed by atoms with Crippen molar-refractivity contribution < 1.29 is 4.39 Å². The molecule has 0 spiro atoms. The Hall–Kier alpha value is -0.580. The van der Waals surface area contributed by atoms with Crippen LogP contribution in [-0.2, 0) is 0 Å². The van der Waals surface area contributed by atoms with Gasteiger partial charge in [0.15, 0.2) is 0 Å². The first-order valence-corrected chi connectivity index (χ1v) is 7.24. The van der Waals surface area contributed by atoms with E-state index in [9.17, 15) is 4.39 Å². The minimum atomic E-state index is -0.188. The Labute approximate surface area is 113 Å². The summed E-state index contributed by atoms with van der Waals surface area (Å²) in [6.07, 6.45) is 2.15. The Kier molecular flexibility index (Phi) is 6.12. The van der Waals surface area contributed by atoms with Gasteiger partial charge in [-0.3, -0.25) is 11.3 Å². The van der Waals surface area contributed by atoms with Crippen LogP contribution in [0, 0.1) is 11.2 Å². The average Bonchev–Trinajstić information content (AvgIpc) is 2.28. The lowest BCUT2D eigenvalue weighted by molar-refractivity contribution is 0.339. The van der Waals surface area contributed by atoms with Gasteiger partial charge in [0.2, 0.25) is 0 Å². The van der Waals surface area contributed by atoms with Gasteiger partial charge in [-0.2, -0.15) is 0 Å². The summed E-state index contributed by atoms with van der Waals surface area (Å²) in [5, 5.41) is 0. The summed E-state index contributed by atoms with van der Waals surface area (Å²) in [7, 11) is 0. The molecule has 18 heavy (non-hydrogen) atoms. The minimum Gasteiger partial charge on any atom is -0.271 e. The second-order valence-electron chi connectivity index (χ2n) is 5.73. The average molecular weight is 270 g/mol.